The molecule has 0 aliphatic rings. The molecule has 0 radical (unpaired) electrons. The standard InChI is InChI=1S/C15H12F3N5OS/c1-9(13-19-7-20-23(13)8-24)10-2-4-11(5-3-10)21-14-22-12(6-25-14)15(16,17)18/h2-9H,1H3,(H,21,22)/t9-/m1/s1. The molecule has 0 spiro atoms. The van der Waals surface area contributed by atoms with Gasteiger partial charge in [-0.3, -0.25) is 4.79 Å². The molecule has 0 aliphatic carbocycles. The summed E-state index contributed by atoms with van der Waals surface area (Å²) in [4.78, 5) is 18.5. The number of halogens is 3. The molecule has 130 valence electrons. The van der Waals surface area contributed by atoms with Crippen LogP contribution in [0.4, 0.5) is 24.0 Å². The third-order valence-corrected chi connectivity index (χ3v) is 4.30. The zero-order valence-electron chi connectivity index (χ0n) is 12.9. The summed E-state index contributed by atoms with van der Waals surface area (Å²) in [6.45, 7) is 1.88. The predicted octanol–water partition coefficient (Wildman–Crippen LogP) is 3.69. The first-order valence-electron chi connectivity index (χ1n) is 7.13. The van der Waals surface area contributed by atoms with Crippen LogP contribution in [0.15, 0.2) is 36.0 Å². The molecule has 3 aromatic rings. The van der Waals surface area contributed by atoms with Crippen molar-refractivity contribution in [3.63, 3.8) is 0 Å². The molecule has 2 heterocycles. The van der Waals surface area contributed by atoms with Gasteiger partial charge >= 0.3 is 6.18 Å². The maximum Gasteiger partial charge on any atom is 0.434 e. The van der Waals surface area contributed by atoms with Crippen LogP contribution in [0, 0.1) is 0 Å². The average Bonchev–Trinajstić information content (AvgIpc) is 3.23. The molecule has 3 rings (SSSR count). The fourth-order valence-electron chi connectivity index (χ4n) is 2.24. The van der Waals surface area contributed by atoms with Crippen molar-refractivity contribution in [1.29, 1.82) is 0 Å². The van der Waals surface area contributed by atoms with Crippen molar-refractivity contribution in [2.24, 2.45) is 0 Å². The first-order chi connectivity index (χ1) is 11.9. The van der Waals surface area contributed by atoms with E-state index in [1.165, 1.54) is 6.33 Å². The van der Waals surface area contributed by atoms with Crippen molar-refractivity contribution in [3.05, 3.63) is 53.1 Å². The number of carbonyl (C=O) groups excluding carboxylic acids is 1. The van der Waals surface area contributed by atoms with Crippen LogP contribution in [-0.4, -0.2) is 26.2 Å². The van der Waals surface area contributed by atoms with Gasteiger partial charge in [-0.1, -0.05) is 19.1 Å². The van der Waals surface area contributed by atoms with Crippen molar-refractivity contribution in [3.8, 4) is 0 Å². The number of nitrogens with one attached hydrogen (secondary N) is 1. The number of aromatic nitrogens is 4. The third kappa shape index (κ3) is 3.68. The third-order valence-electron chi connectivity index (χ3n) is 3.54. The first kappa shape index (κ1) is 17.1. The molecule has 25 heavy (non-hydrogen) atoms. The number of rotatable bonds is 5. The molecule has 0 aliphatic heterocycles. The van der Waals surface area contributed by atoms with Crippen molar-refractivity contribution < 1.29 is 18.0 Å². The Labute approximate surface area is 144 Å². The molecule has 6 nitrogen and oxygen atoms in total. The van der Waals surface area contributed by atoms with Gasteiger partial charge in [0.2, 0.25) is 6.41 Å². The summed E-state index contributed by atoms with van der Waals surface area (Å²) in [5, 5.41) is 7.77. The average molecular weight is 367 g/mol. The van der Waals surface area contributed by atoms with Gasteiger partial charge in [0.05, 0.1) is 0 Å². The molecule has 0 amide bonds. The number of carbonyl (C=O) groups is 1. The highest BCUT2D eigenvalue weighted by Gasteiger charge is 2.33. The Bertz CT molecular complexity index is 872. The molecule has 1 atom stereocenters. The van der Waals surface area contributed by atoms with Gasteiger partial charge in [-0.05, 0) is 17.7 Å². The fraction of sp³-hybridized carbons (Fsp3) is 0.200. The van der Waals surface area contributed by atoms with E-state index >= 15 is 0 Å². The lowest BCUT2D eigenvalue weighted by Crippen LogP contribution is -2.08. The molecule has 10 heteroatoms. The van der Waals surface area contributed by atoms with Crippen molar-refractivity contribution >= 4 is 28.6 Å². The van der Waals surface area contributed by atoms with Crippen molar-refractivity contribution in [2.75, 3.05) is 5.32 Å². The number of hydrogen-bond acceptors (Lipinski definition) is 6. The molecule has 0 unspecified atom stereocenters. The van der Waals surface area contributed by atoms with Crippen LogP contribution in [0.5, 0.6) is 0 Å². The molecule has 2 aromatic heterocycles. The summed E-state index contributed by atoms with van der Waals surface area (Å²) >= 11 is 0.882. The van der Waals surface area contributed by atoms with Crippen LogP contribution in [0.25, 0.3) is 0 Å². The number of thiazole rings is 1. The Morgan fingerprint density at radius 1 is 1.28 bits per heavy atom. The second-order valence-electron chi connectivity index (χ2n) is 5.17. The Morgan fingerprint density at radius 3 is 2.60 bits per heavy atom. The maximum atomic E-state index is 12.6. The SMILES string of the molecule is C[C@H](c1ccc(Nc2nc(C(F)(F)F)cs2)cc1)c1ncnn1C=O. The van der Waals surface area contributed by atoms with E-state index in [-0.39, 0.29) is 11.0 Å². The van der Waals surface area contributed by atoms with Crippen LogP contribution in [0.3, 0.4) is 0 Å². The number of alkyl halides is 3. The van der Waals surface area contributed by atoms with E-state index in [1.807, 2.05) is 6.92 Å². The topological polar surface area (TPSA) is 72.7 Å². The predicted molar refractivity (Wildman–Crippen MR) is 86.5 cm³/mol. The summed E-state index contributed by atoms with van der Waals surface area (Å²) in [6, 6.07) is 7.05. The van der Waals surface area contributed by atoms with Crippen LogP contribution < -0.4 is 5.32 Å². The molecule has 0 fully saturated rings. The summed E-state index contributed by atoms with van der Waals surface area (Å²) in [6.07, 6.45) is -2.57. The van der Waals surface area contributed by atoms with Gasteiger partial charge in [0.1, 0.15) is 12.2 Å². The zero-order valence-corrected chi connectivity index (χ0v) is 13.7. The fourth-order valence-corrected chi connectivity index (χ4v) is 2.98. The molecule has 0 bridgehead atoms. The summed E-state index contributed by atoms with van der Waals surface area (Å²) < 4.78 is 38.8. The van der Waals surface area contributed by atoms with E-state index < -0.39 is 11.9 Å². The van der Waals surface area contributed by atoms with E-state index in [0.29, 0.717) is 17.9 Å². The van der Waals surface area contributed by atoms with Crippen LogP contribution in [-0.2, 0) is 11.0 Å². The van der Waals surface area contributed by atoms with Crippen LogP contribution in [0.1, 0.15) is 29.9 Å². The van der Waals surface area contributed by atoms with E-state index in [0.717, 1.165) is 27.0 Å². The lowest BCUT2D eigenvalue weighted by Gasteiger charge is -2.11. The van der Waals surface area contributed by atoms with Crippen LogP contribution in [0.2, 0.25) is 0 Å². The Balaban J connectivity index is 1.74. The number of benzene rings is 1. The Hall–Kier alpha value is -2.75. The van der Waals surface area contributed by atoms with E-state index in [9.17, 15) is 18.0 Å². The minimum absolute atomic E-state index is 0.161. The molecule has 1 N–H and O–H groups in total. The van der Waals surface area contributed by atoms with Gasteiger partial charge < -0.3 is 5.32 Å². The molecule has 1 aromatic carbocycles. The minimum Gasteiger partial charge on any atom is -0.332 e. The number of nitrogens with zero attached hydrogens (tertiary/aromatic N) is 4. The highest BCUT2D eigenvalue weighted by atomic mass is 32.1. The summed E-state index contributed by atoms with van der Waals surface area (Å²) in [7, 11) is 0. The quantitative estimate of drug-likeness (QED) is 0.697. The molecular weight excluding hydrogens is 355 g/mol. The van der Waals surface area contributed by atoms with E-state index in [1.54, 1.807) is 24.3 Å². The highest BCUT2D eigenvalue weighted by Crippen LogP contribution is 2.33. The Kier molecular flexibility index (Phi) is 4.53. The second-order valence-corrected chi connectivity index (χ2v) is 6.03. The lowest BCUT2D eigenvalue weighted by molar-refractivity contribution is -0.140. The van der Waals surface area contributed by atoms with E-state index in [2.05, 4.69) is 20.4 Å². The van der Waals surface area contributed by atoms with Gasteiger partial charge in [0, 0.05) is 17.0 Å². The van der Waals surface area contributed by atoms with Crippen molar-refractivity contribution in [2.45, 2.75) is 19.0 Å². The smallest absolute Gasteiger partial charge is 0.332 e. The van der Waals surface area contributed by atoms with Gasteiger partial charge in [0.15, 0.2) is 10.8 Å². The Morgan fingerprint density at radius 2 is 2.00 bits per heavy atom. The molecule has 0 saturated carbocycles. The normalized spacial score (nSPS) is 12.8. The zero-order chi connectivity index (χ0) is 18.0. The largest absolute Gasteiger partial charge is 0.434 e. The van der Waals surface area contributed by atoms with E-state index in [4.69, 9.17) is 0 Å². The number of anilines is 2. The first-order valence-corrected chi connectivity index (χ1v) is 8.01. The van der Waals surface area contributed by atoms with Gasteiger partial charge in [-0.2, -0.15) is 23.0 Å². The molecular formula is C15H12F3N5OS. The van der Waals surface area contributed by atoms with Gasteiger partial charge in [-0.25, -0.2) is 9.97 Å². The maximum absolute atomic E-state index is 12.6. The van der Waals surface area contributed by atoms with Crippen LogP contribution >= 0.6 is 11.3 Å². The summed E-state index contributed by atoms with van der Waals surface area (Å²) in [5.74, 6) is 0.337. The number of hydrogen-bond donors (Lipinski definition) is 1. The van der Waals surface area contributed by atoms with Crippen molar-refractivity contribution in [1.82, 2.24) is 19.7 Å². The highest BCUT2D eigenvalue weighted by molar-refractivity contribution is 7.13. The minimum atomic E-state index is -4.45. The van der Waals surface area contributed by atoms with Gasteiger partial charge in [-0.15, -0.1) is 11.3 Å². The lowest BCUT2D eigenvalue weighted by atomic mass is 10.0. The second kappa shape index (κ2) is 6.63. The van der Waals surface area contributed by atoms with Gasteiger partial charge in [0.25, 0.3) is 0 Å². The molecule has 0 saturated heterocycles. The summed E-state index contributed by atoms with van der Waals surface area (Å²) in [5.41, 5.74) is 0.575. The monoisotopic (exact) mass is 367 g/mol.